The molecule has 2 aliphatic rings. The second kappa shape index (κ2) is 13.1. The van der Waals surface area contributed by atoms with E-state index in [1.54, 1.807) is 11.4 Å². The van der Waals surface area contributed by atoms with Crippen LogP contribution in [-0.4, -0.2) is 115 Å². The van der Waals surface area contributed by atoms with Gasteiger partial charge in [-0.2, -0.15) is 0 Å². The van der Waals surface area contributed by atoms with Crippen molar-refractivity contribution < 1.29 is 18.5 Å². The second-order valence-electron chi connectivity index (χ2n) is 9.84. The van der Waals surface area contributed by atoms with Gasteiger partial charge in [0.1, 0.15) is 23.3 Å². The Morgan fingerprint density at radius 3 is 2.37 bits per heavy atom. The first kappa shape index (κ1) is 28.1. The summed E-state index contributed by atoms with van der Waals surface area (Å²) in [6.45, 7) is 12.7. The van der Waals surface area contributed by atoms with E-state index in [0.29, 0.717) is 19.2 Å². The number of carbonyl (C=O) groups is 1. The minimum atomic E-state index is -1.30. The van der Waals surface area contributed by atoms with Crippen molar-refractivity contribution in [2.75, 3.05) is 73.7 Å². The van der Waals surface area contributed by atoms with E-state index in [2.05, 4.69) is 16.7 Å². The molecule has 9 heteroatoms. The molecule has 0 spiro atoms. The van der Waals surface area contributed by atoms with Gasteiger partial charge in [0.05, 0.1) is 18.6 Å². The Hall–Kier alpha value is -1.52. The van der Waals surface area contributed by atoms with Crippen LogP contribution in [0.5, 0.6) is 5.75 Å². The van der Waals surface area contributed by atoms with Gasteiger partial charge in [0.25, 0.3) is 0 Å². The molecule has 1 heterocycles. The van der Waals surface area contributed by atoms with Gasteiger partial charge in [0.2, 0.25) is 5.91 Å². The molecule has 1 aromatic carbocycles. The number of piperazine rings is 1. The second-order valence-corrected chi connectivity index (χ2v) is 11.4. The molecule has 198 valence electrons. The number of methoxy groups -OCH3 is 1. The van der Waals surface area contributed by atoms with Crippen molar-refractivity contribution in [2.24, 2.45) is 0 Å². The van der Waals surface area contributed by atoms with Gasteiger partial charge < -0.3 is 19.3 Å². The van der Waals surface area contributed by atoms with Crippen molar-refractivity contribution >= 4 is 16.9 Å². The summed E-state index contributed by atoms with van der Waals surface area (Å²) in [5, 5.41) is 0. The SMILES string of the molecule is CCN1CCN([C@H]2CCC(N(C)C(=O)COCCN(C)S(=O)c3c(C)cc(OC)cc3C)C2)CC1. The van der Waals surface area contributed by atoms with Crippen LogP contribution in [0.4, 0.5) is 0 Å². The molecule has 3 rings (SSSR count). The molecule has 35 heavy (non-hydrogen) atoms. The number of benzene rings is 1. The van der Waals surface area contributed by atoms with E-state index >= 15 is 0 Å². The van der Waals surface area contributed by atoms with Crippen LogP contribution in [0.2, 0.25) is 0 Å². The molecule has 3 atom stereocenters. The third-order valence-corrected chi connectivity index (χ3v) is 9.33. The molecule has 1 saturated heterocycles. The van der Waals surface area contributed by atoms with Crippen LogP contribution in [0.1, 0.15) is 37.3 Å². The number of likely N-dealkylation sites (N-methyl/N-ethyl adjacent to an activating group) is 3. The van der Waals surface area contributed by atoms with Crippen LogP contribution in [0.25, 0.3) is 0 Å². The van der Waals surface area contributed by atoms with E-state index in [0.717, 1.165) is 73.8 Å². The van der Waals surface area contributed by atoms with Gasteiger partial charge in [0, 0.05) is 58.9 Å². The molecule has 8 nitrogen and oxygen atoms in total. The van der Waals surface area contributed by atoms with Crippen LogP contribution in [0, 0.1) is 13.8 Å². The molecule has 1 aliphatic carbocycles. The monoisotopic (exact) mass is 508 g/mol. The average Bonchev–Trinajstić information content (AvgIpc) is 3.35. The average molecular weight is 509 g/mol. The Bertz CT molecular complexity index is 852. The largest absolute Gasteiger partial charge is 0.497 e. The maximum absolute atomic E-state index is 13.1. The smallest absolute Gasteiger partial charge is 0.248 e. The van der Waals surface area contributed by atoms with Gasteiger partial charge in [0.15, 0.2) is 0 Å². The lowest BCUT2D eigenvalue weighted by Gasteiger charge is -2.38. The predicted octanol–water partition coefficient (Wildman–Crippen LogP) is 2.30. The van der Waals surface area contributed by atoms with Gasteiger partial charge >= 0.3 is 0 Å². The van der Waals surface area contributed by atoms with Crippen molar-refractivity contribution in [1.29, 1.82) is 0 Å². The molecule has 2 fully saturated rings. The van der Waals surface area contributed by atoms with E-state index in [-0.39, 0.29) is 18.6 Å². The number of nitrogens with zero attached hydrogens (tertiary/aromatic N) is 4. The van der Waals surface area contributed by atoms with Crippen LogP contribution in [0.3, 0.4) is 0 Å². The van der Waals surface area contributed by atoms with Crippen molar-refractivity contribution in [2.45, 2.75) is 57.0 Å². The lowest BCUT2D eigenvalue weighted by atomic mass is 10.1. The quantitative estimate of drug-likeness (QED) is 0.428. The molecule has 2 unspecified atom stereocenters. The summed E-state index contributed by atoms with van der Waals surface area (Å²) in [6, 6.07) is 4.68. The summed E-state index contributed by atoms with van der Waals surface area (Å²) in [6.07, 6.45) is 3.27. The molecule has 1 saturated carbocycles. The summed E-state index contributed by atoms with van der Waals surface area (Å²) in [4.78, 5) is 20.5. The molecule has 1 aliphatic heterocycles. The number of hydrogen-bond donors (Lipinski definition) is 0. The van der Waals surface area contributed by atoms with Crippen molar-refractivity contribution in [3.05, 3.63) is 23.3 Å². The van der Waals surface area contributed by atoms with Gasteiger partial charge in [-0.3, -0.25) is 9.69 Å². The van der Waals surface area contributed by atoms with Gasteiger partial charge in [-0.1, -0.05) is 6.92 Å². The molecule has 1 aromatic rings. The number of carbonyl (C=O) groups excluding carboxylic acids is 1. The standard InChI is InChI=1S/C26H44N4O4S/c1-7-29-10-12-30(13-11-29)23-9-8-22(18-23)28(5)25(31)19-34-15-14-27(4)35(32)26-20(2)16-24(33-6)17-21(26)3/h16-17,22-23H,7-15,18-19H2,1-6H3/t22?,23-,35?/m0/s1. The van der Waals surface area contributed by atoms with Gasteiger partial charge in [-0.05, 0) is 62.9 Å². The molecule has 0 bridgehead atoms. The fourth-order valence-corrected chi connectivity index (χ4v) is 6.48. The number of rotatable bonds is 11. The fraction of sp³-hybridized carbons (Fsp3) is 0.731. The lowest BCUT2D eigenvalue weighted by Crippen LogP contribution is -2.50. The minimum absolute atomic E-state index is 0.0251. The third-order valence-electron chi connectivity index (χ3n) is 7.59. The Labute approximate surface area is 214 Å². The first-order valence-electron chi connectivity index (χ1n) is 12.8. The highest BCUT2D eigenvalue weighted by Crippen LogP contribution is 2.28. The Morgan fingerprint density at radius 1 is 1.11 bits per heavy atom. The van der Waals surface area contributed by atoms with Crippen LogP contribution >= 0.6 is 0 Å². The van der Waals surface area contributed by atoms with Crippen molar-refractivity contribution in [3.63, 3.8) is 0 Å². The predicted molar refractivity (Wildman–Crippen MR) is 140 cm³/mol. The normalized spacial score (nSPS) is 22.5. The maximum Gasteiger partial charge on any atom is 0.248 e. The zero-order valence-electron chi connectivity index (χ0n) is 22.4. The first-order chi connectivity index (χ1) is 16.7. The van der Waals surface area contributed by atoms with Crippen LogP contribution in [0.15, 0.2) is 17.0 Å². The number of ether oxygens (including phenoxy) is 2. The number of aryl methyl sites for hydroxylation is 2. The fourth-order valence-electron chi connectivity index (χ4n) is 5.26. The molecule has 0 aromatic heterocycles. The molecule has 1 amide bonds. The van der Waals surface area contributed by atoms with Crippen molar-refractivity contribution in [3.8, 4) is 5.75 Å². The Morgan fingerprint density at radius 2 is 1.77 bits per heavy atom. The summed E-state index contributed by atoms with van der Waals surface area (Å²) in [5.41, 5.74) is 1.87. The topological polar surface area (TPSA) is 65.6 Å². The van der Waals surface area contributed by atoms with Crippen LogP contribution < -0.4 is 4.74 Å². The van der Waals surface area contributed by atoms with E-state index in [1.165, 1.54) is 0 Å². The van der Waals surface area contributed by atoms with E-state index in [1.807, 2.05) is 45.0 Å². The molecular weight excluding hydrogens is 464 g/mol. The summed E-state index contributed by atoms with van der Waals surface area (Å²) in [7, 11) is 4.05. The Balaban J connectivity index is 1.39. The summed E-state index contributed by atoms with van der Waals surface area (Å²) in [5.74, 6) is 0.791. The minimum Gasteiger partial charge on any atom is -0.497 e. The zero-order valence-corrected chi connectivity index (χ0v) is 23.2. The summed E-state index contributed by atoms with van der Waals surface area (Å²) >= 11 is 0. The number of amides is 1. The molecular formula is C26H44N4O4S. The summed E-state index contributed by atoms with van der Waals surface area (Å²) < 4.78 is 25.8. The highest BCUT2D eigenvalue weighted by molar-refractivity contribution is 7.82. The zero-order chi connectivity index (χ0) is 25.5. The van der Waals surface area contributed by atoms with Crippen molar-refractivity contribution in [1.82, 2.24) is 19.0 Å². The molecule has 0 N–H and O–H groups in total. The third kappa shape index (κ3) is 7.26. The molecule has 0 radical (unpaired) electrons. The van der Waals surface area contributed by atoms with E-state index < -0.39 is 11.0 Å². The Kier molecular flexibility index (Phi) is 10.5. The first-order valence-corrected chi connectivity index (χ1v) is 13.9. The number of hydrogen-bond acceptors (Lipinski definition) is 6. The van der Waals surface area contributed by atoms with Gasteiger partial charge in [-0.25, -0.2) is 8.51 Å². The van der Waals surface area contributed by atoms with E-state index in [4.69, 9.17) is 9.47 Å². The highest BCUT2D eigenvalue weighted by Gasteiger charge is 2.34. The highest BCUT2D eigenvalue weighted by atomic mass is 32.2. The van der Waals surface area contributed by atoms with Crippen LogP contribution in [-0.2, 0) is 20.5 Å². The van der Waals surface area contributed by atoms with E-state index in [9.17, 15) is 9.00 Å². The lowest BCUT2D eigenvalue weighted by molar-refractivity contribution is -0.136. The van der Waals surface area contributed by atoms with Gasteiger partial charge in [-0.15, -0.1) is 0 Å². The maximum atomic E-state index is 13.1.